The third kappa shape index (κ3) is 10.3. The monoisotopic (exact) mass is 1180 g/mol. The number of anilines is 2. The van der Waals surface area contributed by atoms with Crippen LogP contribution in [0.5, 0.6) is 11.5 Å². The molecule has 6 heteroatoms. The summed E-state index contributed by atoms with van der Waals surface area (Å²) in [6.07, 6.45) is 6.23. The number of benzene rings is 7. The second kappa shape index (κ2) is 20.7. The van der Waals surface area contributed by atoms with Crippen LogP contribution in [0.1, 0.15) is 153 Å². The molecule has 0 amide bonds. The molecule has 0 saturated carbocycles. The zero-order chi connectivity index (χ0) is 53.2. The summed E-state index contributed by atoms with van der Waals surface area (Å²) in [4.78, 5) is 9.44. The number of hydrogen-bond donors (Lipinski definition) is 0. The maximum absolute atomic E-state index is 7.23. The van der Waals surface area contributed by atoms with Crippen molar-refractivity contribution in [3.05, 3.63) is 234 Å². The predicted molar refractivity (Wildman–Crippen MR) is 316 cm³/mol. The average Bonchev–Trinajstić information content (AvgIpc) is 4.02. The summed E-state index contributed by atoms with van der Waals surface area (Å²) in [7, 11) is 0. The van der Waals surface area contributed by atoms with Gasteiger partial charge >= 0.3 is 0 Å². The Morgan fingerprint density at radius 2 is 1.09 bits per heavy atom. The molecule has 0 saturated heterocycles. The van der Waals surface area contributed by atoms with Crippen molar-refractivity contribution in [3.63, 3.8) is 0 Å². The number of hydrogen-bond acceptors (Lipinski definition) is 4. The molecule has 5 nitrogen and oxygen atoms in total. The van der Waals surface area contributed by atoms with Crippen molar-refractivity contribution in [3.8, 4) is 28.4 Å². The van der Waals surface area contributed by atoms with E-state index in [-0.39, 0.29) is 42.7 Å². The van der Waals surface area contributed by atoms with E-state index in [4.69, 9.17) is 9.72 Å². The van der Waals surface area contributed by atoms with Crippen LogP contribution < -0.4 is 14.5 Å². The van der Waals surface area contributed by atoms with Crippen LogP contribution in [0, 0.1) is 18.8 Å². The molecule has 0 atom stereocenters. The summed E-state index contributed by atoms with van der Waals surface area (Å²) in [6.45, 7) is 34.2. The molecule has 0 unspecified atom stereocenters. The van der Waals surface area contributed by atoms with Gasteiger partial charge in [-0.15, -0.1) is 53.8 Å². The molecule has 0 fully saturated rings. The zero-order valence-corrected chi connectivity index (χ0v) is 49.2. The van der Waals surface area contributed by atoms with Crippen LogP contribution in [0.4, 0.5) is 11.4 Å². The second-order valence-electron chi connectivity index (χ2n) is 24.3. The van der Waals surface area contributed by atoms with E-state index in [0.29, 0.717) is 23.3 Å². The van der Waals surface area contributed by atoms with Crippen molar-refractivity contribution in [2.75, 3.05) is 9.80 Å². The Hall–Kier alpha value is -6.68. The first kappa shape index (κ1) is 54.1. The van der Waals surface area contributed by atoms with Gasteiger partial charge in [0.2, 0.25) is 0 Å². The van der Waals surface area contributed by atoms with Gasteiger partial charge in [-0.25, -0.2) is 4.98 Å². The normalized spacial score (nSPS) is 13.4. The van der Waals surface area contributed by atoms with E-state index in [0.717, 1.165) is 44.6 Å². The van der Waals surface area contributed by atoms with Crippen LogP contribution >= 0.6 is 0 Å². The zero-order valence-electron chi connectivity index (χ0n) is 46.9. The number of rotatable bonds is 12. The molecule has 76 heavy (non-hydrogen) atoms. The van der Waals surface area contributed by atoms with Crippen LogP contribution in [0.15, 0.2) is 170 Å². The summed E-state index contributed by atoms with van der Waals surface area (Å²) in [5.74, 6) is 2.68. The van der Waals surface area contributed by atoms with Crippen LogP contribution in [0.25, 0.3) is 38.8 Å². The first-order valence-corrected chi connectivity index (χ1v) is 26.8. The Morgan fingerprint density at radius 3 is 1.67 bits per heavy atom. The fraction of sp³-hybridized carbons (Fsp3) is 0.286. The summed E-state index contributed by atoms with van der Waals surface area (Å²) < 4.78 is 9.50. The smallest absolute Gasteiger partial charge is 0.135 e. The van der Waals surface area contributed by atoms with Gasteiger partial charge in [-0.1, -0.05) is 211 Å². The van der Waals surface area contributed by atoms with Gasteiger partial charge in [0.1, 0.15) is 5.82 Å². The van der Waals surface area contributed by atoms with Crippen molar-refractivity contribution in [1.82, 2.24) is 9.55 Å². The fourth-order valence-electron chi connectivity index (χ4n) is 10.9. The number of fused-ring (bicyclic) bond motifs is 3. The molecule has 0 spiro atoms. The van der Waals surface area contributed by atoms with E-state index in [9.17, 15) is 0 Å². The van der Waals surface area contributed by atoms with Gasteiger partial charge in [0.05, 0.1) is 0 Å². The van der Waals surface area contributed by atoms with Crippen LogP contribution in [0.2, 0.25) is 0 Å². The largest absolute Gasteiger partial charge is 0.509 e. The SMILES string of the molecule is CC(C)c1cccc(C(C)C)c1-c1cc(Oc2[c-]c3c(c(C(C)(C)C)c2)c2ccccc2n3-c2cc(C(C)(C)C)ccn2)[c-]c(N2C=CN(c3cc(C(C)(C)c4ccccc4)cc(C(C)(C)c4ccccc4)c3)[CH-]2)c1.[Pt]. The first-order valence-electron chi connectivity index (χ1n) is 26.8. The standard InChI is InChI=1S/C70H73N4O.Pt/c1-46(2)58-29-23-30-59(47(3)4)65(58)48-36-54(72-34-35-73(45-72)55-39-52(69(11,12)49-24-17-15-18-25-49)38-53(40-55)70(13,14)50-26-19-16-20-27-50)42-56(37-48)75-57-43-61(68(8,9)10)66-60-28-21-22-31-62(60)74(63(66)44-57)64-41-51(32-33-71-64)67(5,6)7;/h15-41,43,45-47H,1-14H3;/q-3;. The summed E-state index contributed by atoms with van der Waals surface area (Å²) in [6, 6.07) is 62.9. The molecule has 0 N–H and O–H groups in total. The molecule has 10 rings (SSSR count). The predicted octanol–water partition coefficient (Wildman–Crippen LogP) is 18.6. The minimum atomic E-state index is -0.261. The third-order valence-electron chi connectivity index (χ3n) is 15.6. The van der Waals surface area contributed by atoms with E-state index in [1.54, 1.807) is 0 Å². The van der Waals surface area contributed by atoms with Gasteiger partial charge in [0.15, 0.2) is 0 Å². The van der Waals surface area contributed by atoms with Gasteiger partial charge < -0.3 is 19.1 Å². The molecule has 0 radical (unpaired) electrons. The summed E-state index contributed by atoms with van der Waals surface area (Å²) in [5, 5.41) is 2.32. The quantitative estimate of drug-likeness (QED) is 0.114. The molecule has 0 bridgehead atoms. The topological polar surface area (TPSA) is 33.5 Å². The minimum absolute atomic E-state index is 0. The molecule has 3 heterocycles. The molecule has 0 aliphatic carbocycles. The van der Waals surface area contributed by atoms with Crippen molar-refractivity contribution in [2.45, 2.75) is 130 Å². The average molecular weight is 1180 g/mol. The molecule has 1 aliphatic heterocycles. The maximum atomic E-state index is 7.23. The van der Waals surface area contributed by atoms with Crippen molar-refractivity contribution in [2.24, 2.45) is 0 Å². The number of aromatic nitrogens is 2. The van der Waals surface area contributed by atoms with Crippen LogP contribution in [-0.4, -0.2) is 9.55 Å². The van der Waals surface area contributed by atoms with Crippen molar-refractivity contribution >= 4 is 33.2 Å². The van der Waals surface area contributed by atoms with E-state index >= 15 is 0 Å². The Kier molecular flexibility index (Phi) is 14.7. The van der Waals surface area contributed by atoms with E-state index in [2.05, 4.69) is 294 Å². The Morgan fingerprint density at radius 1 is 0.526 bits per heavy atom. The van der Waals surface area contributed by atoms with E-state index in [1.807, 2.05) is 6.20 Å². The third-order valence-corrected chi connectivity index (χ3v) is 15.6. The summed E-state index contributed by atoms with van der Waals surface area (Å²) in [5.41, 5.74) is 15.5. The molecule has 1 aliphatic rings. The molecular formula is C70H73N4OPt-3. The van der Waals surface area contributed by atoms with Gasteiger partial charge in [0.25, 0.3) is 0 Å². The van der Waals surface area contributed by atoms with Crippen LogP contribution in [-0.2, 0) is 42.7 Å². The Bertz CT molecular complexity index is 3490. The Labute approximate surface area is 467 Å². The number of ether oxygens (including phenoxy) is 1. The Balaban J connectivity index is 0.00000706. The molecule has 2 aromatic heterocycles. The first-order chi connectivity index (χ1) is 35.6. The minimum Gasteiger partial charge on any atom is -0.509 e. The van der Waals surface area contributed by atoms with Crippen molar-refractivity contribution < 1.29 is 25.8 Å². The van der Waals surface area contributed by atoms with E-state index in [1.165, 1.54) is 50.1 Å². The summed E-state index contributed by atoms with van der Waals surface area (Å²) >= 11 is 0. The fourth-order valence-corrected chi connectivity index (χ4v) is 10.9. The maximum Gasteiger partial charge on any atom is 0.135 e. The number of para-hydroxylation sites is 1. The van der Waals surface area contributed by atoms with Crippen molar-refractivity contribution in [1.29, 1.82) is 0 Å². The van der Waals surface area contributed by atoms with Gasteiger partial charge in [-0.2, -0.15) is 0 Å². The molecule has 392 valence electrons. The van der Waals surface area contributed by atoms with Gasteiger partial charge in [-0.05, 0) is 115 Å². The van der Waals surface area contributed by atoms with Gasteiger partial charge in [0, 0.05) is 60.8 Å². The van der Waals surface area contributed by atoms with Crippen LogP contribution in [0.3, 0.4) is 0 Å². The number of nitrogens with zero attached hydrogens (tertiary/aromatic N) is 4. The number of pyridine rings is 1. The van der Waals surface area contributed by atoms with Gasteiger partial charge in [-0.3, -0.25) is 0 Å². The molecule has 7 aromatic carbocycles. The molecular weight excluding hydrogens is 1110 g/mol. The second-order valence-corrected chi connectivity index (χ2v) is 24.3. The van der Waals surface area contributed by atoms with E-state index < -0.39 is 0 Å². The molecule has 9 aromatic rings.